The zero-order valence-corrected chi connectivity index (χ0v) is 16.7. The molecular formula is C20H30N4O4. The van der Waals surface area contributed by atoms with Crippen LogP contribution in [0.25, 0.3) is 0 Å². The number of hydrogen-bond donors (Lipinski definition) is 1. The van der Waals surface area contributed by atoms with Gasteiger partial charge in [0.2, 0.25) is 0 Å². The lowest BCUT2D eigenvalue weighted by Gasteiger charge is -2.53. The predicted molar refractivity (Wildman–Crippen MR) is 104 cm³/mol. The number of nitrogens with zero attached hydrogens (tertiary/aromatic N) is 3. The molecule has 3 heterocycles. The average molecular weight is 390 g/mol. The van der Waals surface area contributed by atoms with E-state index in [0.29, 0.717) is 32.3 Å². The molecule has 2 aliphatic rings. The highest BCUT2D eigenvalue weighted by Crippen LogP contribution is 2.39. The molecule has 2 unspecified atom stereocenters. The molecule has 1 N–H and O–H groups in total. The minimum absolute atomic E-state index is 0.105. The number of hydrogen-bond acceptors (Lipinski definition) is 6. The van der Waals surface area contributed by atoms with E-state index in [2.05, 4.69) is 27.3 Å². The predicted octanol–water partition coefficient (Wildman–Crippen LogP) is 1.58. The fourth-order valence-electron chi connectivity index (χ4n) is 4.06. The monoisotopic (exact) mass is 390 g/mol. The number of pyridine rings is 1. The van der Waals surface area contributed by atoms with Gasteiger partial charge < -0.3 is 19.7 Å². The summed E-state index contributed by atoms with van der Waals surface area (Å²) in [5.41, 5.74) is 1.23. The first kappa shape index (κ1) is 20.5. The molecule has 28 heavy (non-hydrogen) atoms. The summed E-state index contributed by atoms with van der Waals surface area (Å²) in [7, 11) is 1.76. The van der Waals surface area contributed by atoms with Crippen LogP contribution in [0.5, 0.6) is 0 Å². The van der Waals surface area contributed by atoms with Crippen molar-refractivity contribution in [3.05, 3.63) is 30.1 Å². The maximum Gasteiger partial charge on any atom is 0.317 e. The standard InChI is InChI=1S/C20H30N4O4/c1-3-28-18(25)6-11-22-20(26)23-12-7-16(8-13-23)24-14-17(27-2)19(24)15-4-9-21-10-5-15/h4-5,9-10,16-17,19H,3,6-8,11-14H2,1-2H3,(H,22,26). The summed E-state index contributed by atoms with van der Waals surface area (Å²) in [5.74, 6) is -0.283. The Labute approximate surface area is 166 Å². The third-order valence-corrected chi connectivity index (χ3v) is 5.58. The lowest BCUT2D eigenvalue weighted by Crippen LogP contribution is -2.60. The smallest absolute Gasteiger partial charge is 0.317 e. The van der Waals surface area contributed by atoms with E-state index in [9.17, 15) is 9.59 Å². The van der Waals surface area contributed by atoms with Crippen molar-refractivity contribution in [3.8, 4) is 0 Å². The number of aromatic nitrogens is 1. The molecule has 2 atom stereocenters. The summed E-state index contributed by atoms with van der Waals surface area (Å²) in [5, 5.41) is 2.81. The van der Waals surface area contributed by atoms with Crippen LogP contribution < -0.4 is 5.32 Å². The highest BCUT2D eigenvalue weighted by molar-refractivity contribution is 5.75. The Morgan fingerprint density at radius 1 is 1.25 bits per heavy atom. The van der Waals surface area contributed by atoms with Crippen LogP contribution in [0.1, 0.15) is 37.8 Å². The van der Waals surface area contributed by atoms with Gasteiger partial charge in [-0.3, -0.25) is 14.7 Å². The van der Waals surface area contributed by atoms with Crippen LogP contribution in [0, 0.1) is 0 Å². The van der Waals surface area contributed by atoms with Crippen molar-refractivity contribution in [1.82, 2.24) is 20.1 Å². The number of esters is 1. The van der Waals surface area contributed by atoms with Crippen LogP contribution in [0.15, 0.2) is 24.5 Å². The zero-order chi connectivity index (χ0) is 19.9. The third kappa shape index (κ3) is 4.80. The van der Waals surface area contributed by atoms with E-state index in [1.807, 2.05) is 17.3 Å². The molecule has 154 valence electrons. The molecule has 1 aromatic heterocycles. The molecule has 1 aromatic rings. The van der Waals surface area contributed by atoms with Crippen molar-refractivity contribution in [2.24, 2.45) is 0 Å². The van der Waals surface area contributed by atoms with Crippen LogP contribution in [-0.2, 0) is 14.3 Å². The molecule has 0 saturated carbocycles. The van der Waals surface area contributed by atoms with Gasteiger partial charge in [0, 0.05) is 51.7 Å². The van der Waals surface area contributed by atoms with E-state index in [0.717, 1.165) is 19.4 Å². The van der Waals surface area contributed by atoms with Crippen molar-refractivity contribution < 1.29 is 19.1 Å². The number of methoxy groups -OCH3 is 1. The Hall–Kier alpha value is -2.19. The fourth-order valence-corrected chi connectivity index (χ4v) is 4.06. The van der Waals surface area contributed by atoms with Crippen LogP contribution in [0.2, 0.25) is 0 Å². The number of amides is 2. The maximum atomic E-state index is 12.3. The minimum atomic E-state index is -0.283. The zero-order valence-electron chi connectivity index (χ0n) is 16.7. The summed E-state index contributed by atoms with van der Waals surface area (Å²) >= 11 is 0. The van der Waals surface area contributed by atoms with Gasteiger partial charge in [-0.15, -0.1) is 0 Å². The van der Waals surface area contributed by atoms with E-state index in [4.69, 9.17) is 9.47 Å². The molecular weight excluding hydrogens is 360 g/mol. The first-order chi connectivity index (χ1) is 13.6. The molecule has 0 bridgehead atoms. The normalized spacial score (nSPS) is 23.1. The summed E-state index contributed by atoms with van der Waals surface area (Å²) in [6, 6.07) is 4.69. The molecule has 2 fully saturated rings. The number of carbonyl (C=O) groups excluding carboxylic acids is 2. The van der Waals surface area contributed by atoms with Crippen LogP contribution in [-0.4, -0.2) is 78.8 Å². The Balaban J connectivity index is 1.46. The molecule has 0 aromatic carbocycles. The van der Waals surface area contributed by atoms with Gasteiger partial charge >= 0.3 is 12.0 Å². The van der Waals surface area contributed by atoms with Crippen LogP contribution in [0.3, 0.4) is 0 Å². The van der Waals surface area contributed by atoms with Crippen molar-refractivity contribution >= 4 is 12.0 Å². The lowest BCUT2D eigenvalue weighted by atomic mass is 9.87. The quantitative estimate of drug-likeness (QED) is 0.712. The fraction of sp³-hybridized carbons (Fsp3) is 0.650. The van der Waals surface area contributed by atoms with E-state index in [1.54, 1.807) is 14.0 Å². The van der Waals surface area contributed by atoms with Gasteiger partial charge in [-0.05, 0) is 37.5 Å². The Morgan fingerprint density at radius 3 is 2.61 bits per heavy atom. The number of likely N-dealkylation sites (tertiary alicyclic amines) is 2. The Bertz CT molecular complexity index is 649. The number of piperidine rings is 1. The van der Waals surface area contributed by atoms with Crippen molar-refractivity contribution in [1.29, 1.82) is 0 Å². The molecule has 2 amide bonds. The first-order valence-electron chi connectivity index (χ1n) is 10.0. The number of carbonyl (C=O) groups is 2. The number of urea groups is 1. The van der Waals surface area contributed by atoms with Crippen molar-refractivity contribution in [2.45, 2.75) is 44.4 Å². The second kappa shape index (κ2) is 9.84. The molecule has 8 heteroatoms. The highest BCUT2D eigenvalue weighted by atomic mass is 16.5. The van der Waals surface area contributed by atoms with Gasteiger partial charge in [0.25, 0.3) is 0 Å². The highest BCUT2D eigenvalue weighted by Gasteiger charge is 2.44. The largest absolute Gasteiger partial charge is 0.466 e. The number of ether oxygens (including phenoxy) is 2. The summed E-state index contributed by atoms with van der Waals surface area (Å²) < 4.78 is 10.5. The molecule has 2 aliphatic heterocycles. The molecule has 2 saturated heterocycles. The average Bonchev–Trinajstić information content (AvgIpc) is 2.69. The second-order valence-corrected chi connectivity index (χ2v) is 7.20. The van der Waals surface area contributed by atoms with Gasteiger partial charge in [0.15, 0.2) is 0 Å². The lowest BCUT2D eigenvalue weighted by molar-refractivity contribution is -0.142. The van der Waals surface area contributed by atoms with Crippen molar-refractivity contribution in [3.63, 3.8) is 0 Å². The summed E-state index contributed by atoms with van der Waals surface area (Å²) in [6.07, 6.45) is 5.91. The van der Waals surface area contributed by atoms with Crippen LogP contribution in [0.4, 0.5) is 4.79 Å². The van der Waals surface area contributed by atoms with E-state index >= 15 is 0 Å². The number of nitrogens with one attached hydrogen (secondary N) is 1. The Kier molecular flexibility index (Phi) is 7.22. The van der Waals surface area contributed by atoms with Gasteiger partial charge in [-0.2, -0.15) is 0 Å². The van der Waals surface area contributed by atoms with E-state index < -0.39 is 0 Å². The minimum Gasteiger partial charge on any atom is -0.466 e. The Morgan fingerprint density at radius 2 is 1.96 bits per heavy atom. The van der Waals surface area contributed by atoms with Gasteiger partial charge in [0.1, 0.15) is 0 Å². The molecule has 0 aliphatic carbocycles. The molecule has 0 radical (unpaired) electrons. The SMILES string of the molecule is CCOC(=O)CCNC(=O)N1CCC(N2CC(OC)C2c2ccncc2)CC1. The topological polar surface area (TPSA) is 84.0 Å². The van der Waals surface area contributed by atoms with Gasteiger partial charge in [0.05, 0.1) is 25.2 Å². The summed E-state index contributed by atoms with van der Waals surface area (Å²) in [4.78, 5) is 32.1. The van der Waals surface area contributed by atoms with Gasteiger partial charge in [-0.1, -0.05) is 0 Å². The first-order valence-corrected chi connectivity index (χ1v) is 10.0. The maximum absolute atomic E-state index is 12.3. The van der Waals surface area contributed by atoms with Crippen molar-refractivity contribution in [2.75, 3.05) is 39.9 Å². The van der Waals surface area contributed by atoms with Crippen LogP contribution >= 0.6 is 0 Å². The number of rotatable bonds is 7. The third-order valence-electron chi connectivity index (χ3n) is 5.58. The second-order valence-electron chi connectivity index (χ2n) is 7.20. The summed E-state index contributed by atoms with van der Waals surface area (Å²) in [6.45, 7) is 4.79. The molecule has 3 rings (SSSR count). The van der Waals surface area contributed by atoms with Gasteiger partial charge in [-0.25, -0.2) is 4.79 Å². The van der Waals surface area contributed by atoms with E-state index in [-0.39, 0.29) is 30.6 Å². The van der Waals surface area contributed by atoms with E-state index in [1.165, 1.54) is 5.56 Å². The molecule has 8 nitrogen and oxygen atoms in total. The molecule has 0 spiro atoms.